The number of alkyl halides is 1. The number of benzene rings is 1. The minimum absolute atomic E-state index is 0.396. The van der Waals surface area contributed by atoms with Crippen LogP contribution in [-0.4, -0.2) is 0 Å². The molecule has 1 rings (SSSR count). The minimum atomic E-state index is -0.569. The highest BCUT2D eigenvalue weighted by atomic mass is 35.5. The van der Waals surface area contributed by atoms with Gasteiger partial charge in [0.25, 0.3) is 0 Å². The fourth-order valence-corrected chi connectivity index (χ4v) is 1.42. The Bertz CT molecular complexity index is 330. The minimum Gasteiger partial charge on any atom is -0.246 e. The summed E-state index contributed by atoms with van der Waals surface area (Å²) in [5.41, 5.74) is 1.34. The van der Waals surface area contributed by atoms with Crippen molar-refractivity contribution in [3.05, 3.63) is 34.3 Å². The Hall–Kier alpha value is -1.07. The van der Waals surface area contributed by atoms with Gasteiger partial charge < -0.3 is 0 Å². The lowest BCUT2D eigenvalue weighted by Crippen LogP contribution is -1.92. The van der Waals surface area contributed by atoms with Crippen LogP contribution >= 0.6 is 11.6 Å². The molecule has 0 N–H and O–H groups in total. The van der Waals surface area contributed by atoms with Crippen LogP contribution in [0.5, 0.6) is 0 Å². The average molecular weight is 198 g/mol. The second-order valence-corrected chi connectivity index (χ2v) is 3.08. The number of hydrogen-bond acceptors (Lipinski definition) is 1. The highest BCUT2D eigenvalue weighted by Gasteiger charge is 2.05. The quantitative estimate of drug-likeness (QED) is 0.730. The molecule has 0 aliphatic carbocycles. The van der Waals surface area contributed by atoms with E-state index in [0.717, 1.165) is 5.56 Å². The number of rotatable bonds is 3. The molecule has 0 aliphatic rings. The Morgan fingerprint density at radius 2 is 2.23 bits per heavy atom. The standard InChI is InChI=1S/C10H9ClFN/c11-10-5-1-3-8(4-2-6-13)9(10)7-12/h1,3,5H,2,4,7H2. The maximum atomic E-state index is 12.5. The molecule has 0 heterocycles. The van der Waals surface area contributed by atoms with Crippen LogP contribution < -0.4 is 0 Å². The molecule has 0 aromatic heterocycles. The van der Waals surface area contributed by atoms with Gasteiger partial charge in [-0.2, -0.15) is 5.26 Å². The summed E-state index contributed by atoms with van der Waals surface area (Å²) in [6.07, 6.45) is 0.962. The second-order valence-electron chi connectivity index (χ2n) is 2.67. The van der Waals surface area contributed by atoms with Crippen LogP contribution in [0.1, 0.15) is 17.5 Å². The summed E-state index contributed by atoms with van der Waals surface area (Å²) in [5, 5.41) is 8.83. The van der Waals surface area contributed by atoms with Crippen LogP contribution in [0.15, 0.2) is 18.2 Å². The number of aryl methyl sites for hydroxylation is 1. The molecule has 0 saturated heterocycles. The molecular formula is C10H9ClFN. The Labute approximate surface area is 81.8 Å². The summed E-state index contributed by atoms with van der Waals surface area (Å²) in [7, 11) is 0. The first-order valence-corrected chi connectivity index (χ1v) is 4.36. The van der Waals surface area contributed by atoms with Crippen LogP contribution in [0, 0.1) is 11.3 Å². The molecule has 0 amide bonds. The smallest absolute Gasteiger partial charge is 0.116 e. The summed E-state index contributed by atoms with van der Waals surface area (Å²) < 4.78 is 12.5. The van der Waals surface area contributed by atoms with E-state index >= 15 is 0 Å². The van der Waals surface area contributed by atoms with E-state index in [1.165, 1.54) is 0 Å². The molecular weight excluding hydrogens is 189 g/mol. The molecule has 0 spiro atoms. The first kappa shape index (κ1) is 10.0. The van der Waals surface area contributed by atoms with Crippen LogP contribution in [0.4, 0.5) is 4.39 Å². The number of nitrogens with zero attached hydrogens (tertiary/aromatic N) is 1. The summed E-state index contributed by atoms with van der Waals surface area (Å²) in [6, 6.07) is 7.26. The van der Waals surface area contributed by atoms with Crippen molar-refractivity contribution in [1.29, 1.82) is 5.26 Å². The van der Waals surface area contributed by atoms with Crippen LogP contribution in [0.3, 0.4) is 0 Å². The Balaban J connectivity index is 2.93. The van der Waals surface area contributed by atoms with Gasteiger partial charge in [0.2, 0.25) is 0 Å². The van der Waals surface area contributed by atoms with E-state index < -0.39 is 6.67 Å². The van der Waals surface area contributed by atoms with E-state index in [1.54, 1.807) is 18.2 Å². The van der Waals surface area contributed by atoms with Crippen molar-refractivity contribution < 1.29 is 4.39 Å². The Morgan fingerprint density at radius 3 is 2.85 bits per heavy atom. The van der Waals surface area contributed by atoms with Crippen molar-refractivity contribution in [2.45, 2.75) is 19.5 Å². The Morgan fingerprint density at radius 1 is 1.46 bits per heavy atom. The third-order valence-electron chi connectivity index (χ3n) is 1.86. The van der Waals surface area contributed by atoms with Gasteiger partial charge in [-0.1, -0.05) is 23.7 Å². The maximum absolute atomic E-state index is 12.5. The topological polar surface area (TPSA) is 23.8 Å². The van der Waals surface area contributed by atoms with Crippen molar-refractivity contribution in [2.24, 2.45) is 0 Å². The molecule has 0 saturated carbocycles. The number of hydrogen-bond donors (Lipinski definition) is 0. The van der Waals surface area contributed by atoms with Gasteiger partial charge in [-0.3, -0.25) is 0 Å². The normalized spacial score (nSPS) is 9.62. The van der Waals surface area contributed by atoms with E-state index in [9.17, 15) is 4.39 Å². The van der Waals surface area contributed by atoms with Gasteiger partial charge in [-0.05, 0) is 18.1 Å². The predicted molar refractivity (Wildman–Crippen MR) is 50.2 cm³/mol. The van der Waals surface area contributed by atoms with E-state index in [-0.39, 0.29) is 0 Å². The third-order valence-corrected chi connectivity index (χ3v) is 2.21. The van der Waals surface area contributed by atoms with Gasteiger partial charge in [0.15, 0.2) is 0 Å². The zero-order chi connectivity index (χ0) is 9.68. The molecule has 0 bridgehead atoms. The van der Waals surface area contributed by atoms with Crippen LogP contribution in [0.2, 0.25) is 5.02 Å². The molecule has 0 unspecified atom stereocenters. The van der Waals surface area contributed by atoms with Gasteiger partial charge >= 0.3 is 0 Å². The lowest BCUT2D eigenvalue weighted by atomic mass is 10.0. The zero-order valence-corrected chi connectivity index (χ0v) is 7.81. The molecule has 0 radical (unpaired) electrons. The SMILES string of the molecule is N#CCCc1cccc(Cl)c1CF. The van der Waals surface area contributed by atoms with Gasteiger partial charge in [-0.15, -0.1) is 0 Å². The maximum Gasteiger partial charge on any atom is 0.116 e. The van der Waals surface area contributed by atoms with Crippen LogP contribution in [-0.2, 0) is 13.1 Å². The molecule has 0 fully saturated rings. The summed E-state index contributed by atoms with van der Waals surface area (Å²) in [5.74, 6) is 0. The molecule has 68 valence electrons. The lowest BCUT2D eigenvalue weighted by Gasteiger charge is -2.05. The fraction of sp³-hybridized carbons (Fsp3) is 0.300. The molecule has 1 aromatic rings. The van der Waals surface area contributed by atoms with Crippen LogP contribution in [0.25, 0.3) is 0 Å². The van der Waals surface area contributed by atoms with Crippen molar-refractivity contribution >= 4 is 11.6 Å². The van der Waals surface area contributed by atoms with Crippen molar-refractivity contribution in [2.75, 3.05) is 0 Å². The van der Waals surface area contributed by atoms with Gasteiger partial charge in [0.05, 0.1) is 6.07 Å². The molecule has 0 atom stereocenters. The third kappa shape index (κ3) is 2.43. The molecule has 0 aliphatic heterocycles. The molecule has 1 nitrogen and oxygen atoms in total. The van der Waals surface area contributed by atoms with Gasteiger partial charge in [0, 0.05) is 17.0 Å². The van der Waals surface area contributed by atoms with Gasteiger partial charge in [0.1, 0.15) is 6.67 Å². The lowest BCUT2D eigenvalue weighted by molar-refractivity contribution is 0.482. The molecule has 1 aromatic carbocycles. The van der Waals surface area contributed by atoms with E-state index in [4.69, 9.17) is 16.9 Å². The fourth-order valence-electron chi connectivity index (χ4n) is 1.18. The summed E-state index contributed by atoms with van der Waals surface area (Å²) in [6.45, 7) is -0.569. The summed E-state index contributed by atoms with van der Waals surface area (Å²) >= 11 is 5.79. The van der Waals surface area contributed by atoms with E-state index in [0.29, 0.717) is 23.4 Å². The van der Waals surface area contributed by atoms with E-state index in [1.807, 2.05) is 6.07 Å². The molecule has 3 heteroatoms. The van der Waals surface area contributed by atoms with Crippen molar-refractivity contribution in [1.82, 2.24) is 0 Å². The van der Waals surface area contributed by atoms with E-state index in [2.05, 4.69) is 0 Å². The van der Waals surface area contributed by atoms with Crippen molar-refractivity contribution in [3.63, 3.8) is 0 Å². The largest absolute Gasteiger partial charge is 0.246 e. The number of halogens is 2. The highest BCUT2D eigenvalue weighted by Crippen LogP contribution is 2.21. The Kier molecular flexibility index (Phi) is 3.72. The predicted octanol–water partition coefficient (Wildman–Crippen LogP) is 3.27. The van der Waals surface area contributed by atoms with Gasteiger partial charge in [-0.25, -0.2) is 4.39 Å². The molecule has 13 heavy (non-hydrogen) atoms. The number of nitriles is 1. The highest BCUT2D eigenvalue weighted by molar-refractivity contribution is 6.31. The zero-order valence-electron chi connectivity index (χ0n) is 7.06. The monoisotopic (exact) mass is 197 g/mol. The van der Waals surface area contributed by atoms with Crippen molar-refractivity contribution in [3.8, 4) is 6.07 Å². The summed E-state index contributed by atoms with van der Waals surface area (Å²) in [4.78, 5) is 0. The first-order chi connectivity index (χ1) is 6.29. The average Bonchev–Trinajstić information content (AvgIpc) is 2.15. The first-order valence-electron chi connectivity index (χ1n) is 3.98. The second kappa shape index (κ2) is 4.84.